The highest BCUT2D eigenvalue weighted by Crippen LogP contribution is 2.21. The van der Waals surface area contributed by atoms with Crippen molar-refractivity contribution in [3.05, 3.63) is 57.6 Å². The third kappa shape index (κ3) is 5.46. The predicted molar refractivity (Wildman–Crippen MR) is 94.8 cm³/mol. The highest BCUT2D eigenvalue weighted by molar-refractivity contribution is 8.00. The molecule has 7 nitrogen and oxygen atoms in total. The number of carbonyl (C=O) groups is 2. The number of hydrogen-bond acceptors (Lipinski definition) is 6. The van der Waals surface area contributed by atoms with Crippen molar-refractivity contribution >= 4 is 23.6 Å². The minimum Gasteiger partial charge on any atom is -0.465 e. The Labute approximate surface area is 149 Å². The van der Waals surface area contributed by atoms with Gasteiger partial charge in [0, 0.05) is 12.2 Å². The maximum Gasteiger partial charge on any atom is 0.346 e. The molecule has 0 aliphatic heterocycles. The van der Waals surface area contributed by atoms with E-state index in [-0.39, 0.29) is 22.2 Å². The number of benzene rings is 1. The number of nitrogens with one attached hydrogen (secondary N) is 2. The molecular weight excluding hydrogens is 342 g/mol. The van der Waals surface area contributed by atoms with E-state index in [1.807, 2.05) is 30.3 Å². The normalized spacial score (nSPS) is 10.3. The number of aromatic amines is 1. The number of methoxy groups -OCH3 is 1. The molecule has 8 heteroatoms. The number of esters is 1. The number of amides is 1. The standard InChI is InChI=1S/C17H19N3O4S/c1-11-14(16(22)24-2)15(20-17(23)19-11)25-10-13(21)18-9-8-12-6-4-3-5-7-12/h3-7H,8-10H2,1-2H3,(H,18,21)(H,19,20,23). The molecule has 0 fully saturated rings. The van der Waals surface area contributed by atoms with Crippen LogP contribution in [0.3, 0.4) is 0 Å². The minimum absolute atomic E-state index is 0.0503. The van der Waals surface area contributed by atoms with E-state index in [4.69, 9.17) is 4.74 Å². The first-order chi connectivity index (χ1) is 12.0. The number of thioether (sulfide) groups is 1. The van der Waals surface area contributed by atoms with Gasteiger partial charge in [0.15, 0.2) is 0 Å². The molecule has 1 aromatic carbocycles. The van der Waals surface area contributed by atoms with Gasteiger partial charge in [-0.1, -0.05) is 42.1 Å². The Morgan fingerprint density at radius 2 is 2.00 bits per heavy atom. The second-order valence-corrected chi connectivity index (χ2v) is 6.18. The Hall–Kier alpha value is -2.61. The molecule has 132 valence electrons. The molecule has 0 aliphatic rings. The number of ether oxygens (including phenoxy) is 1. The van der Waals surface area contributed by atoms with Crippen molar-refractivity contribution in [3.63, 3.8) is 0 Å². The van der Waals surface area contributed by atoms with Crippen LogP contribution >= 0.6 is 11.8 Å². The third-order valence-electron chi connectivity index (χ3n) is 3.39. The van der Waals surface area contributed by atoms with E-state index in [0.29, 0.717) is 12.2 Å². The molecule has 0 saturated heterocycles. The number of hydrogen-bond donors (Lipinski definition) is 2. The first kappa shape index (κ1) is 18.7. The van der Waals surface area contributed by atoms with Crippen molar-refractivity contribution in [1.29, 1.82) is 0 Å². The lowest BCUT2D eigenvalue weighted by Crippen LogP contribution is -2.27. The molecule has 0 bridgehead atoms. The Balaban J connectivity index is 1.93. The summed E-state index contributed by atoms with van der Waals surface area (Å²) in [5.41, 5.74) is 1.09. The number of aryl methyl sites for hydroxylation is 1. The van der Waals surface area contributed by atoms with Crippen molar-refractivity contribution in [2.24, 2.45) is 0 Å². The van der Waals surface area contributed by atoms with Crippen LogP contribution in [0.25, 0.3) is 0 Å². The van der Waals surface area contributed by atoms with Crippen molar-refractivity contribution in [1.82, 2.24) is 15.3 Å². The van der Waals surface area contributed by atoms with Gasteiger partial charge in [-0.15, -0.1) is 0 Å². The van der Waals surface area contributed by atoms with Gasteiger partial charge in [-0.25, -0.2) is 9.59 Å². The highest BCUT2D eigenvalue weighted by atomic mass is 32.2. The molecule has 1 aromatic heterocycles. The number of H-pyrrole nitrogens is 1. The number of carbonyl (C=O) groups excluding carboxylic acids is 2. The molecule has 0 atom stereocenters. The maximum atomic E-state index is 12.0. The smallest absolute Gasteiger partial charge is 0.346 e. The quantitative estimate of drug-likeness (QED) is 0.438. The van der Waals surface area contributed by atoms with Crippen molar-refractivity contribution < 1.29 is 14.3 Å². The second kappa shape index (κ2) is 9.03. The fraction of sp³-hybridized carbons (Fsp3) is 0.294. The Morgan fingerprint density at radius 1 is 1.28 bits per heavy atom. The van der Waals surface area contributed by atoms with E-state index < -0.39 is 11.7 Å². The molecule has 25 heavy (non-hydrogen) atoms. The van der Waals surface area contributed by atoms with Crippen LogP contribution < -0.4 is 11.0 Å². The number of rotatable bonds is 7. The van der Waals surface area contributed by atoms with Gasteiger partial charge in [0.05, 0.1) is 12.9 Å². The van der Waals surface area contributed by atoms with Gasteiger partial charge in [0.25, 0.3) is 0 Å². The van der Waals surface area contributed by atoms with Crippen LogP contribution in [0.1, 0.15) is 21.6 Å². The summed E-state index contributed by atoms with van der Waals surface area (Å²) >= 11 is 1.03. The summed E-state index contributed by atoms with van der Waals surface area (Å²) in [6.07, 6.45) is 0.729. The number of nitrogens with zero attached hydrogens (tertiary/aromatic N) is 1. The summed E-state index contributed by atoms with van der Waals surface area (Å²) in [5, 5.41) is 2.99. The summed E-state index contributed by atoms with van der Waals surface area (Å²) < 4.78 is 4.70. The summed E-state index contributed by atoms with van der Waals surface area (Å²) in [6, 6.07) is 9.82. The molecule has 0 radical (unpaired) electrons. The Morgan fingerprint density at radius 3 is 2.68 bits per heavy atom. The first-order valence-corrected chi connectivity index (χ1v) is 8.62. The second-order valence-electron chi connectivity index (χ2n) is 5.21. The fourth-order valence-electron chi connectivity index (χ4n) is 2.18. The van der Waals surface area contributed by atoms with Crippen LogP contribution in [-0.4, -0.2) is 41.3 Å². The van der Waals surface area contributed by atoms with Gasteiger partial charge in [0.2, 0.25) is 5.91 Å². The molecular formula is C17H19N3O4S. The lowest BCUT2D eigenvalue weighted by Gasteiger charge is -2.09. The van der Waals surface area contributed by atoms with Gasteiger partial charge in [0.1, 0.15) is 10.6 Å². The van der Waals surface area contributed by atoms with E-state index in [9.17, 15) is 14.4 Å². The van der Waals surface area contributed by atoms with Crippen LogP contribution in [0.2, 0.25) is 0 Å². The van der Waals surface area contributed by atoms with E-state index >= 15 is 0 Å². The lowest BCUT2D eigenvalue weighted by molar-refractivity contribution is -0.118. The minimum atomic E-state index is -0.603. The third-order valence-corrected chi connectivity index (χ3v) is 4.37. The monoisotopic (exact) mass is 361 g/mol. The maximum absolute atomic E-state index is 12.0. The van der Waals surface area contributed by atoms with E-state index in [1.54, 1.807) is 6.92 Å². The molecule has 0 aliphatic carbocycles. The molecule has 1 amide bonds. The Kier molecular flexibility index (Phi) is 6.76. The van der Waals surface area contributed by atoms with Crippen LogP contribution in [0.15, 0.2) is 40.2 Å². The van der Waals surface area contributed by atoms with Crippen LogP contribution in [-0.2, 0) is 16.0 Å². The van der Waals surface area contributed by atoms with E-state index in [1.165, 1.54) is 7.11 Å². The zero-order valence-electron chi connectivity index (χ0n) is 14.0. The van der Waals surface area contributed by atoms with Crippen LogP contribution in [0.5, 0.6) is 0 Å². The summed E-state index contributed by atoms with van der Waals surface area (Å²) in [6.45, 7) is 2.09. The topological polar surface area (TPSA) is 101 Å². The van der Waals surface area contributed by atoms with E-state index in [0.717, 1.165) is 23.7 Å². The van der Waals surface area contributed by atoms with Gasteiger partial charge >= 0.3 is 11.7 Å². The van der Waals surface area contributed by atoms with Crippen molar-refractivity contribution in [3.8, 4) is 0 Å². The largest absolute Gasteiger partial charge is 0.465 e. The average molecular weight is 361 g/mol. The highest BCUT2D eigenvalue weighted by Gasteiger charge is 2.19. The summed E-state index contributed by atoms with van der Waals surface area (Å²) in [4.78, 5) is 41.5. The van der Waals surface area contributed by atoms with Gasteiger partial charge < -0.3 is 15.0 Å². The lowest BCUT2D eigenvalue weighted by atomic mass is 10.1. The summed E-state index contributed by atoms with van der Waals surface area (Å²) in [7, 11) is 1.25. The SMILES string of the molecule is COC(=O)c1c(SCC(=O)NCCc2ccccc2)nc(=O)[nH]c1C. The molecule has 2 aromatic rings. The fourth-order valence-corrected chi connectivity index (χ4v) is 3.08. The molecule has 0 saturated carbocycles. The average Bonchev–Trinajstić information content (AvgIpc) is 2.60. The van der Waals surface area contributed by atoms with Crippen molar-refractivity contribution in [2.45, 2.75) is 18.4 Å². The molecule has 2 rings (SSSR count). The van der Waals surface area contributed by atoms with Crippen LogP contribution in [0.4, 0.5) is 0 Å². The zero-order chi connectivity index (χ0) is 18.2. The molecule has 2 N–H and O–H groups in total. The predicted octanol–water partition coefficient (Wildman–Crippen LogP) is 1.32. The zero-order valence-corrected chi connectivity index (χ0v) is 14.8. The summed E-state index contributed by atoms with van der Waals surface area (Å²) in [5.74, 6) is -0.751. The molecule has 0 spiro atoms. The van der Waals surface area contributed by atoms with E-state index in [2.05, 4.69) is 15.3 Å². The van der Waals surface area contributed by atoms with Gasteiger partial charge in [-0.05, 0) is 18.9 Å². The first-order valence-electron chi connectivity index (χ1n) is 7.64. The number of aromatic nitrogens is 2. The molecule has 1 heterocycles. The van der Waals surface area contributed by atoms with Gasteiger partial charge in [-0.3, -0.25) is 4.79 Å². The Bertz CT molecular complexity index is 805. The van der Waals surface area contributed by atoms with Crippen molar-refractivity contribution in [2.75, 3.05) is 19.4 Å². The van der Waals surface area contributed by atoms with Gasteiger partial charge in [-0.2, -0.15) is 4.98 Å². The van der Waals surface area contributed by atoms with Crippen LogP contribution in [0, 0.1) is 6.92 Å². The molecule has 0 unspecified atom stereocenters.